The third kappa shape index (κ3) is 8.93. The fourth-order valence-corrected chi connectivity index (χ4v) is 9.52. The van der Waals surface area contributed by atoms with Gasteiger partial charge in [0, 0.05) is 48.3 Å². The lowest BCUT2D eigenvalue weighted by Crippen LogP contribution is -2.51. The summed E-state index contributed by atoms with van der Waals surface area (Å²) >= 11 is 0. The standard InChI is InChI=1S/C46H57N7O3/c1-5-31-24-35(25-34-19-21-47-39-15-10-8-13-36(34)39)52(27-33(31)7-3)28-44(54)50-42-17-12-18-43(49-42)51-45(55)29-53-26-32(6-2)30(4)23-41(53)46(56)38-20-22-48-40-16-11-9-14-37(38)40/h8-22,30-33,35,41,46,56H,5-7,23-29H2,1-4H3,(H2,49,50,51,54,55). The fraction of sp³-hybridized carbons (Fsp3) is 0.457. The third-order valence-electron chi connectivity index (χ3n) is 12.7. The Hall–Kier alpha value is -4.77. The Morgan fingerprint density at radius 2 is 1.30 bits per heavy atom. The molecule has 2 fully saturated rings. The number of fused-ring (bicyclic) bond motifs is 2. The van der Waals surface area contributed by atoms with Crippen molar-refractivity contribution in [2.45, 2.75) is 84.4 Å². The lowest BCUT2D eigenvalue weighted by molar-refractivity contribution is -0.120. The first-order valence-electron chi connectivity index (χ1n) is 20.6. The number of rotatable bonds is 13. The van der Waals surface area contributed by atoms with Crippen LogP contribution in [0.15, 0.2) is 91.3 Å². The van der Waals surface area contributed by atoms with Gasteiger partial charge in [-0.2, -0.15) is 0 Å². The first-order chi connectivity index (χ1) is 27.2. The number of aliphatic hydroxyl groups excluding tert-OH is 1. The van der Waals surface area contributed by atoms with Gasteiger partial charge in [0.2, 0.25) is 11.8 Å². The second kappa shape index (κ2) is 18.0. The van der Waals surface area contributed by atoms with Gasteiger partial charge in [0.05, 0.1) is 30.2 Å². The van der Waals surface area contributed by atoms with Crippen LogP contribution in [0.1, 0.15) is 77.0 Å². The van der Waals surface area contributed by atoms with Crippen LogP contribution in [0.5, 0.6) is 0 Å². The predicted molar refractivity (Wildman–Crippen MR) is 224 cm³/mol. The topological polar surface area (TPSA) is 124 Å². The smallest absolute Gasteiger partial charge is 0.239 e. The van der Waals surface area contributed by atoms with Crippen molar-refractivity contribution in [3.05, 3.63) is 102 Å². The minimum Gasteiger partial charge on any atom is -0.387 e. The molecule has 10 heteroatoms. The number of hydrogen-bond donors (Lipinski definition) is 3. The quantitative estimate of drug-likeness (QED) is 0.111. The van der Waals surface area contributed by atoms with E-state index in [1.807, 2.05) is 42.6 Å². The van der Waals surface area contributed by atoms with Crippen molar-refractivity contribution in [3.63, 3.8) is 0 Å². The molecule has 2 saturated heterocycles. The summed E-state index contributed by atoms with van der Waals surface area (Å²) in [5.74, 6) is 2.43. The molecule has 56 heavy (non-hydrogen) atoms. The minimum atomic E-state index is -0.781. The molecule has 0 spiro atoms. The van der Waals surface area contributed by atoms with Gasteiger partial charge in [-0.3, -0.25) is 29.4 Å². The Bertz CT molecular complexity index is 2120. The summed E-state index contributed by atoms with van der Waals surface area (Å²) in [6, 6.07) is 25.4. The molecule has 5 aromatic rings. The van der Waals surface area contributed by atoms with E-state index in [2.05, 4.69) is 87.3 Å². The van der Waals surface area contributed by atoms with Gasteiger partial charge < -0.3 is 15.7 Å². The highest BCUT2D eigenvalue weighted by molar-refractivity contribution is 5.93. The summed E-state index contributed by atoms with van der Waals surface area (Å²) in [5.41, 5.74) is 3.92. The Balaban J connectivity index is 1.02. The van der Waals surface area contributed by atoms with E-state index in [0.717, 1.165) is 67.1 Å². The highest BCUT2D eigenvalue weighted by Crippen LogP contribution is 2.38. The number of carbonyl (C=O) groups is 2. The molecule has 0 aliphatic carbocycles. The highest BCUT2D eigenvalue weighted by atomic mass is 16.3. The van der Waals surface area contributed by atoms with E-state index in [0.29, 0.717) is 41.9 Å². The third-order valence-corrected chi connectivity index (χ3v) is 12.7. The summed E-state index contributed by atoms with van der Waals surface area (Å²) in [7, 11) is 0. The highest BCUT2D eigenvalue weighted by Gasteiger charge is 2.38. The van der Waals surface area contributed by atoms with Crippen LogP contribution in [0.2, 0.25) is 0 Å². The van der Waals surface area contributed by atoms with Crippen molar-refractivity contribution in [2.24, 2.45) is 23.7 Å². The van der Waals surface area contributed by atoms with Gasteiger partial charge in [-0.25, -0.2) is 4.98 Å². The minimum absolute atomic E-state index is 0.118. The maximum Gasteiger partial charge on any atom is 0.239 e. The number of anilines is 2. The summed E-state index contributed by atoms with van der Waals surface area (Å²) < 4.78 is 0. The monoisotopic (exact) mass is 755 g/mol. The Labute approximate surface area is 331 Å². The average molecular weight is 756 g/mol. The van der Waals surface area contributed by atoms with E-state index in [1.165, 1.54) is 10.9 Å². The van der Waals surface area contributed by atoms with Gasteiger partial charge in [-0.05, 0) is 90.5 Å². The van der Waals surface area contributed by atoms with Crippen LogP contribution in [0.3, 0.4) is 0 Å². The maximum atomic E-state index is 13.7. The molecule has 0 radical (unpaired) electrons. The van der Waals surface area contributed by atoms with Gasteiger partial charge in [-0.1, -0.05) is 89.4 Å². The van der Waals surface area contributed by atoms with Crippen molar-refractivity contribution in [3.8, 4) is 0 Å². The summed E-state index contributed by atoms with van der Waals surface area (Å²) in [6.45, 7) is 10.9. The number of likely N-dealkylation sites (tertiary alicyclic amines) is 2. The van der Waals surface area contributed by atoms with Crippen molar-refractivity contribution >= 4 is 45.3 Å². The Morgan fingerprint density at radius 3 is 1.98 bits per heavy atom. The molecule has 2 amide bonds. The number of aromatic nitrogens is 3. The molecule has 10 nitrogen and oxygen atoms in total. The summed E-state index contributed by atoms with van der Waals surface area (Å²) in [6.07, 6.45) is 8.75. The van der Waals surface area contributed by atoms with Gasteiger partial charge in [0.15, 0.2) is 0 Å². The molecule has 3 N–H and O–H groups in total. The number of amides is 2. The van der Waals surface area contributed by atoms with E-state index in [1.54, 1.807) is 24.4 Å². The molecule has 7 rings (SSSR count). The second-order valence-corrected chi connectivity index (χ2v) is 16.1. The molecule has 2 aliphatic rings. The number of para-hydroxylation sites is 2. The Morgan fingerprint density at radius 1 is 0.714 bits per heavy atom. The number of hydrogen-bond acceptors (Lipinski definition) is 8. The number of pyridine rings is 3. The average Bonchev–Trinajstić information content (AvgIpc) is 3.21. The predicted octanol–water partition coefficient (Wildman–Crippen LogP) is 7.89. The van der Waals surface area contributed by atoms with Crippen molar-refractivity contribution < 1.29 is 14.7 Å². The van der Waals surface area contributed by atoms with Gasteiger partial charge >= 0.3 is 0 Å². The molecule has 0 saturated carbocycles. The molecule has 7 unspecified atom stereocenters. The van der Waals surface area contributed by atoms with E-state index in [9.17, 15) is 14.7 Å². The first kappa shape index (κ1) is 39.5. The van der Waals surface area contributed by atoms with Crippen LogP contribution in [-0.2, 0) is 16.0 Å². The van der Waals surface area contributed by atoms with Crippen LogP contribution >= 0.6 is 0 Å². The molecule has 7 atom stereocenters. The van der Waals surface area contributed by atoms with Crippen molar-refractivity contribution in [1.82, 2.24) is 24.8 Å². The Kier molecular flexibility index (Phi) is 12.7. The van der Waals surface area contributed by atoms with Crippen LogP contribution in [0, 0.1) is 23.7 Å². The number of nitrogens with zero attached hydrogens (tertiary/aromatic N) is 5. The van der Waals surface area contributed by atoms with E-state index in [4.69, 9.17) is 0 Å². The number of piperidine rings is 2. The lowest BCUT2D eigenvalue weighted by atomic mass is 9.77. The molecule has 294 valence electrons. The van der Waals surface area contributed by atoms with E-state index < -0.39 is 6.10 Å². The van der Waals surface area contributed by atoms with Gasteiger partial charge in [0.25, 0.3) is 0 Å². The zero-order chi connectivity index (χ0) is 39.2. The van der Waals surface area contributed by atoms with Crippen molar-refractivity contribution in [2.75, 3.05) is 36.8 Å². The zero-order valence-electron chi connectivity index (χ0n) is 33.3. The summed E-state index contributed by atoms with van der Waals surface area (Å²) in [4.78, 5) is 45.5. The number of nitrogens with one attached hydrogen (secondary N) is 2. The largest absolute Gasteiger partial charge is 0.387 e. The molecular weight excluding hydrogens is 699 g/mol. The number of benzene rings is 2. The van der Waals surface area contributed by atoms with Crippen LogP contribution in [-0.4, -0.2) is 79.9 Å². The van der Waals surface area contributed by atoms with Crippen LogP contribution < -0.4 is 10.6 Å². The molecular formula is C46H57N7O3. The lowest BCUT2D eigenvalue weighted by Gasteiger charge is -2.44. The van der Waals surface area contributed by atoms with Gasteiger partial charge in [0.1, 0.15) is 11.6 Å². The number of carbonyl (C=O) groups excluding carboxylic acids is 2. The number of aliphatic hydroxyl groups is 1. The molecule has 2 aromatic carbocycles. The normalized spacial score (nSPS) is 23.9. The molecule has 0 bridgehead atoms. The fourth-order valence-electron chi connectivity index (χ4n) is 9.52. The van der Waals surface area contributed by atoms with E-state index >= 15 is 0 Å². The maximum absolute atomic E-state index is 13.7. The zero-order valence-corrected chi connectivity index (χ0v) is 33.3. The van der Waals surface area contributed by atoms with Gasteiger partial charge in [-0.15, -0.1) is 0 Å². The van der Waals surface area contributed by atoms with Crippen LogP contribution in [0.4, 0.5) is 11.6 Å². The van der Waals surface area contributed by atoms with Crippen molar-refractivity contribution in [1.29, 1.82) is 0 Å². The molecule has 3 aromatic heterocycles. The first-order valence-corrected chi connectivity index (χ1v) is 20.6. The van der Waals surface area contributed by atoms with E-state index in [-0.39, 0.29) is 37.0 Å². The summed E-state index contributed by atoms with van der Waals surface area (Å²) in [5, 5.41) is 20.0. The molecule has 2 aliphatic heterocycles. The second-order valence-electron chi connectivity index (χ2n) is 16.1. The SMILES string of the molecule is CCC1CN(CC(=O)Nc2cccc(NC(=O)CN3CC(CC)C(CC)CC3Cc3ccnc4ccccc34)n2)C(C(O)c2ccnc3ccccc23)CC1C. The van der Waals surface area contributed by atoms with Crippen LogP contribution in [0.25, 0.3) is 21.8 Å². The molecule has 5 heterocycles.